The molecule has 0 fully saturated rings. The summed E-state index contributed by atoms with van der Waals surface area (Å²) in [5.41, 5.74) is 0.957. The van der Waals surface area contributed by atoms with Crippen LogP contribution in [0.25, 0.3) is 11.3 Å². The fourth-order valence-corrected chi connectivity index (χ4v) is 2.44. The summed E-state index contributed by atoms with van der Waals surface area (Å²) < 4.78 is 21.4. The minimum Gasteiger partial charge on any atom is -0.486 e. The molecule has 0 saturated carbocycles. The first-order valence-electron chi connectivity index (χ1n) is 8.11. The van der Waals surface area contributed by atoms with E-state index in [1.807, 2.05) is 6.07 Å². The average Bonchev–Trinajstić information content (AvgIpc) is 3.14. The second kappa shape index (κ2) is 8.50. The van der Waals surface area contributed by atoms with Gasteiger partial charge in [0, 0.05) is 32.3 Å². The van der Waals surface area contributed by atoms with Gasteiger partial charge in [0.25, 0.3) is 5.91 Å². The second-order valence-corrected chi connectivity index (χ2v) is 5.39. The highest BCUT2D eigenvalue weighted by Gasteiger charge is 2.20. The molecule has 134 valence electrons. The van der Waals surface area contributed by atoms with Crippen LogP contribution in [0, 0.1) is 0 Å². The summed E-state index contributed by atoms with van der Waals surface area (Å²) >= 11 is 0. The molecule has 1 aromatic carbocycles. The predicted octanol–water partition coefficient (Wildman–Crippen LogP) is 1.08. The molecule has 0 bridgehead atoms. The Morgan fingerprint density at radius 3 is 2.88 bits per heavy atom. The van der Waals surface area contributed by atoms with Gasteiger partial charge < -0.3 is 29.3 Å². The molecule has 25 heavy (non-hydrogen) atoms. The quantitative estimate of drug-likeness (QED) is 0.690. The first-order valence-corrected chi connectivity index (χ1v) is 8.11. The van der Waals surface area contributed by atoms with Crippen LogP contribution in [0.4, 0.5) is 0 Å². The third-order valence-electron chi connectivity index (χ3n) is 3.66. The van der Waals surface area contributed by atoms with Gasteiger partial charge in [-0.05, 0) is 18.2 Å². The van der Waals surface area contributed by atoms with Crippen molar-refractivity contribution >= 4 is 5.91 Å². The zero-order valence-electron chi connectivity index (χ0n) is 14.0. The standard InChI is InChI=1S/C17H21N3O5/c1-22-7-6-18-4-5-19-17(21)15-16(25-11-20-15)12-2-3-13-14(10-12)24-9-8-23-13/h2-3,10-11,18H,4-9H2,1H3,(H,19,21). The summed E-state index contributed by atoms with van der Waals surface area (Å²) in [7, 11) is 1.65. The van der Waals surface area contributed by atoms with Crippen LogP contribution in [0.3, 0.4) is 0 Å². The molecule has 1 aliphatic heterocycles. The van der Waals surface area contributed by atoms with Crippen LogP contribution >= 0.6 is 0 Å². The molecule has 0 unspecified atom stereocenters. The molecule has 0 aliphatic carbocycles. The van der Waals surface area contributed by atoms with E-state index in [0.29, 0.717) is 55.7 Å². The molecular formula is C17H21N3O5. The number of oxazole rings is 1. The minimum absolute atomic E-state index is 0.244. The van der Waals surface area contributed by atoms with Crippen LogP contribution in [0.1, 0.15) is 10.5 Å². The summed E-state index contributed by atoms with van der Waals surface area (Å²) in [6.45, 7) is 3.52. The summed E-state index contributed by atoms with van der Waals surface area (Å²) in [6, 6.07) is 5.41. The van der Waals surface area contributed by atoms with Gasteiger partial charge in [-0.15, -0.1) is 0 Å². The molecule has 3 rings (SSSR count). The molecule has 0 atom stereocenters. The van der Waals surface area contributed by atoms with Crippen molar-refractivity contribution in [3.8, 4) is 22.8 Å². The Bertz CT molecular complexity index is 716. The normalized spacial score (nSPS) is 12.8. The van der Waals surface area contributed by atoms with Crippen LogP contribution in [-0.2, 0) is 4.74 Å². The van der Waals surface area contributed by atoms with Crippen molar-refractivity contribution in [2.75, 3.05) is 46.6 Å². The number of fused-ring (bicyclic) bond motifs is 1. The van der Waals surface area contributed by atoms with Crippen molar-refractivity contribution in [1.82, 2.24) is 15.6 Å². The lowest BCUT2D eigenvalue weighted by Crippen LogP contribution is -2.33. The molecule has 2 aromatic rings. The highest BCUT2D eigenvalue weighted by atomic mass is 16.6. The zero-order valence-corrected chi connectivity index (χ0v) is 14.0. The van der Waals surface area contributed by atoms with Crippen LogP contribution in [0.2, 0.25) is 0 Å². The van der Waals surface area contributed by atoms with Crippen molar-refractivity contribution in [3.05, 3.63) is 30.3 Å². The number of benzene rings is 1. The number of nitrogens with one attached hydrogen (secondary N) is 2. The molecule has 1 aliphatic rings. The summed E-state index contributed by atoms with van der Waals surface area (Å²) in [5.74, 6) is 1.44. The van der Waals surface area contributed by atoms with Crippen LogP contribution in [-0.4, -0.2) is 57.5 Å². The number of amides is 1. The lowest BCUT2D eigenvalue weighted by Gasteiger charge is -2.18. The van der Waals surface area contributed by atoms with E-state index in [4.69, 9.17) is 18.6 Å². The number of nitrogens with zero attached hydrogens (tertiary/aromatic N) is 1. The second-order valence-electron chi connectivity index (χ2n) is 5.39. The molecule has 8 heteroatoms. The monoisotopic (exact) mass is 347 g/mol. The van der Waals surface area contributed by atoms with E-state index in [1.165, 1.54) is 6.39 Å². The van der Waals surface area contributed by atoms with Crippen LogP contribution in [0.5, 0.6) is 11.5 Å². The number of ether oxygens (including phenoxy) is 3. The SMILES string of the molecule is COCCNCCNC(=O)c1ncoc1-c1ccc2c(c1)OCCO2. The van der Waals surface area contributed by atoms with Gasteiger partial charge in [0.05, 0.1) is 6.61 Å². The Balaban J connectivity index is 1.63. The topological polar surface area (TPSA) is 94.9 Å². The van der Waals surface area contributed by atoms with Crippen molar-refractivity contribution in [1.29, 1.82) is 0 Å². The Labute approximate surface area is 145 Å². The van der Waals surface area contributed by atoms with Gasteiger partial charge in [-0.2, -0.15) is 0 Å². The van der Waals surface area contributed by atoms with E-state index in [1.54, 1.807) is 19.2 Å². The lowest BCUT2D eigenvalue weighted by atomic mass is 10.1. The van der Waals surface area contributed by atoms with Gasteiger partial charge in [0.15, 0.2) is 29.3 Å². The molecule has 8 nitrogen and oxygen atoms in total. The van der Waals surface area contributed by atoms with E-state index < -0.39 is 0 Å². The van der Waals surface area contributed by atoms with Gasteiger partial charge in [0.1, 0.15) is 13.2 Å². The number of hydrogen-bond acceptors (Lipinski definition) is 7. The maximum Gasteiger partial charge on any atom is 0.273 e. The first kappa shape index (κ1) is 17.2. The van der Waals surface area contributed by atoms with Gasteiger partial charge in [-0.1, -0.05) is 0 Å². The molecule has 0 radical (unpaired) electrons. The highest BCUT2D eigenvalue weighted by Crippen LogP contribution is 2.35. The maximum absolute atomic E-state index is 12.3. The molecule has 2 N–H and O–H groups in total. The molecule has 2 heterocycles. The summed E-state index contributed by atoms with van der Waals surface area (Å²) in [4.78, 5) is 16.4. The Morgan fingerprint density at radius 1 is 1.20 bits per heavy atom. The number of carbonyl (C=O) groups is 1. The highest BCUT2D eigenvalue weighted by molar-refractivity contribution is 5.97. The average molecular weight is 347 g/mol. The Kier molecular flexibility index (Phi) is 5.86. The van der Waals surface area contributed by atoms with Crippen molar-refractivity contribution in [2.24, 2.45) is 0 Å². The van der Waals surface area contributed by atoms with Crippen molar-refractivity contribution in [3.63, 3.8) is 0 Å². The molecule has 0 spiro atoms. The third kappa shape index (κ3) is 4.28. The minimum atomic E-state index is -0.285. The fourth-order valence-electron chi connectivity index (χ4n) is 2.44. The number of carbonyl (C=O) groups excluding carboxylic acids is 1. The van der Waals surface area contributed by atoms with E-state index in [2.05, 4.69) is 15.6 Å². The number of rotatable bonds is 8. The molecule has 1 amide bonds. The van der Waals surface area contributed by atoms with Crippen LogP contribution in [0.15, 0.2) is 29.0 Å². The van der Waals surface area contributed by atoms with Crippen molar-refractivity contribution < 1.29 is 23.4 Å². The van der Waals surface area contributed by atoms with Crippen molar-refractivity contribution in [2.45, 2.75) is 0 Å². The summed E-state index contributed by atoms with van der Waals surface area (Å²) in [5, 5.41) is 5.97. The van der Waals surface area contributed by atoms with E-state index in [0.717, 1.165) is 6.54 Å². The molecular weight excluding hydrogens is 326 g/mol. The number of methoxy groups -OCH3 is 1. The predicted molar refractivity (Wildman–Crippen MR) is 90.0 cm³/mol. The van der Waals surface area contributed by atoms with Gasteiger partial charge in [0.2, 0.25) is 0 Å². The van der Waals surface area contributed by atoms with E-state index in [9.17, 15) is 4.79 Å². The molecule has 0 saturated heterocycles. The van der Waals surface area contributed by atoms with Crippen LogP contribution < -0.4 is 20.1 Å². The number of aromatic nitrogens is 1. The Morgan fingerprint density at radius 2 is 2.04 bits per heavy atom. The zero-order chi connectivity index (χ0) is 17.5. The van der Waals surface area contributed by atoms with Gasteiger partial charge >= 0.3 is 0 Å². The van der Waals surface area contributed by atoms with Gasteiger partial charge in [-0.25, -0.2) is 4.98 Å². The van der Waals surface area contributed by atoms with Gasteiger partial charge in [-0.3, -0.25) is 4.79 Å². The maximum atomic E-state index is 12.3. The van der Waals surface area contributed by atoms with E-state index >= 15 is 0 Å². The third-order valence-corrected chi connectivity index (χ3v) is 3.66. The smallest absolute Gasteiger partial charge is 0.273 e. The van der Waals surface area contributed by atoms with E-state index in [-0.39, 0.29) is 11.6 Å². The lowest BCUT2D eigenvalue weighted by molar-refractivity contribution is 0.0949. The largest absolute Gasteiger partial charge is 0.486 e. The molecule has 1 aromatic heterocycles. The Hall–Kier alpha value is -2.58. The summed E-state index contributed by atoms with van der Waals surface area (Å²) in [6.07, 6.45) is 1.26. The first-order chi connectivity index (χ1) is 12.3. The number of hydrogen-bond donors (Lipinski definition) is 2. The fraction of sp³-hybridized carbons (Fsp3) is 0.412.